The molecule has 1 N–H and O–H groups in total. The molecular formula is C21H18N4O. The first-order valence-electron chi connectivity index (χ1n) is 8.43. The lowest BCUT2D eigenvalue weighted by Crippen LogP contribution is -2.02. The van der Waals surface area contributed by atoms with E-state index in [1.807, 2.05) is 54.7 Å². The highest BCUT2D eigenvalue weighted by molar-refractivity contribution is 5.88. The monoisotopic (exact) mass is 342 g/mol. The molecule has 128 valence electrons. The van der Waals surface area contributed by atoms with Gasteiger partial charge in [-0.2, -0.15) is 0 Å². The number of benzene rings is 2. The molecule has 0 spiro atoms. The Hall–Kier alpha value is -3.47. The van der Waals surface area contributed by atoms with E-state index < -0.39 is 0 Å². The fraction of sp³-hybridized carbons (Fsp3) is 0.0952. The molecule has 0 atom stereocenters. The zero-order chi connectivity index (χ0) is 17.6. The lowest BCUT2D eigenvalue weighted by Gasteiger charge is -2.10. The van der Waals surface area contributed by atoms with Crippen LogP contribution in [0.4, 0.5) is 5.82 Å². The number of hydrogen-bond donors (Lipinski definition) is 1. The van der Waals surface area contributed by atoms with Crippen LogP contribution in [0.3, 0.4) is 0 Å². The predicted octanol–water partition coefficient (Wildman–Crippen LogP) is 4.22. The number of nitrogens with zero attached hydrogens (tertiary/aromatic N) is 3. The SMILES string of the molecule is c1cncc(COc2ccc(CNc3ncnc4ccccc34)cc2)c1. The van der Waals surface area contributed by atoms with E-state index in [1.165, 1.54) is 0 Å². The maximum Gasteiger partial charge on any atom is 0.137 e. The minimum Gasteiger partial charge on any atom is -0.489 e. The summed E-state index contributed by atoms with van der Waals surface area (Å²) in [5, 5.41) is 4.40. The Morgan fingerprint density at radius 3 is 2.58 bits per heavy atom. The Morgan fingerprint density at radius 2 is 1.73 bits per heavy atom. The van der Waals surface area contributed by atoms with Crippen molar-refractivity contribution in [1.29, 1.82) is 0 Å². The van der Waals surface area contributed by atoms with E-state index in [2.05, 4.69) is 32.4 Å². The molecule has 0 fully saturated rings. The van der Waals surface area contributed by atoms with E-state index in [0.29, 0.717) is 13.2 Å². The first-order valence-corrected chi connectivity index (χ1v) is 8.43. The number of fused-ring (bicyclic) bond motifs is 1. The third kappa shape index (κ3) is 3.78. The highest BCUT2D eigenvalue weighted by Crippen LogP contribution is 2.20. The van der Waals surface area contributed by atoms with Gasteiger partial charge in [0.15, 0.2) is 0 Å². The molecule has 0 bridgehead atoms. The molecule has 4 aromatic rings. The van der Waals surface area contributed by atoms with Gasteiger partial charge < -0.3 is 10.1 Å². The lowest BCUT2D eigenvalue weighted by atomic mass is 10.2. The number of aromatic nitrogens is 3. The van der Waals surface area contributed by atoms with Crippen molar-refractivity contribution in [3.63, 3.8) is 0 Å². The minimum atomic E-state index is 0.512. The first-order chi connectivity index (χ1) is 12.9. The number of pyridine rings is 1. The van der Waals surface area contributed by atoms with Crippen LogP contribution < -0.4 is 10.1 Å². The van der Waals surface area contributed by atoms with Crippen LogP contribution in [-0.4, -0.2) is 15.0 Å². The molecule has 0 saturated heterocycles. The van der Waals surface area contributed by atoms with E-state index in [1.54, 1.807) is 12.5 Å². The predicted molar refractivity (Wildman–Crippen MR) is 102 cm³/mol. The normalized spacial score (nSPS) is 10.6. The summed E-state index contributed by atoms with van der Waals surface area (Å²) in [6, 6.07) is 19.9. The molecule has 2 aromatic heterocycles. The van der Waals surface area contributed by atoms with Crippen LogP contribution in [-0.2, 0) is 13.2 Å². The second-order valence-corrected chi connectivity index (χ2v) is 5.89. The van der Waals surface area contributed by atoms with Crippen LogP contribution >= 0.6 is 0 Å². The standard InChI is InChI=1S/C21H18N4O/c1-2-6-20-19(5-1)21(25-15-24-20)23-13-16-7-9-18(10-8-16)26-14-17-4-3-11-22-12-17/h1-12,15H,13-14H2,(H,23,24,25). The van der Waals surface area contributed by atoms with Crippen molar-refractivity contribution in [2.24, 2.45) is 0 Å². The molecule has 2 aromatic carbocycles. The third-order valence-electron chi connectivity index (χ3n) is 4.05. The summed E-state index contributed by atoms with van der Waals surface area (Å²) in [6.07, 6.45) is 5.15. The van der Waals surface area contributed by atoms with Crippen molar-refractivity contribution < 1.29 is 4.74 Å². The van der Waals surface area contributed by atoms with Gasteiger partial charge in [-0.1, -0.05) is 30.3 Å². The van der Waals surface area contributed by atoms with Gasteiger partial charge in [-0.05, 0) is 35.9 Å². The Labute approximate surface area is 151 Å². The Balaban J connectivity index is 1.38. The molecular weight excluding hydrogens is 324 g/mol. The van der Waals surface area contributed by atoms with Crippen molar-refractivity contribution in [3.8, 4) is 5.75 Å². The summed E-state index contributed by atoms with van der Waals surface area (Å²) in [4.78, 5) is 12.7. The summed E-state index contributed by atoms with van der Waals surface area (Å²) >= 11 is 0. The van der Waals surface area contributed by atoms with Crippen molar-refractivity contribution >= 4 is 16.7 Å². The van der Waals surface area contributed by atoms with Crippen LogP contribution in [0, 0.1) is 0 Å². The van der Waals surface area contributed by atoms with Crippen LogP contribution in [0.25, 0.3) is 10.9 Å². The zero-order valence-electron chi connectivity index (χ0n) is 14.2. The van der Waals surface area contributed by atoms with Gasteiger partial charge in [0.1, 0.15) is 24.5 Å². The fourth-order valence-electron chi connectivity index (χ4n) is 2.69. The maximum absolute atomic E-state index is 5.79. The van der Waals surface area contributed by atoms with Crippen molar-refractivity contribution in [2.75, 3.05) is 5.32 Å². The van der Waals surface area contributed by atoms with E-state index in [4.69, 9.17) is 4.74 Å². The van der Waals surface area contributed by atoms with Gasteiger partial charge in [0, 0.05) is 29.9 Å². The molecule has 26 heavy (non-hydrogen) atoms. The number of anilines is 1. The van der Waals surface area contributed by atoms with Gasteiger partial charge in [-0.25, -0.2) is 9.97 Å². The molecule has 0 aliphatic carbocycles. The summed E-state index contributed by atoms with van der Waals surface area (Å²) in [5.74, 6) is 1.68. The Bertz CT molecular complexity index is 982. The highest BCUT2D eigenvalue weighted by Gasteiger charge is 2.03. The van der Waals surface area contributed by atoms with Gasteiger partial charge in [-0.15, -0.1) is 0 Å². The first kappa shape index (κ1) is 16.0. The van der Waals surface area contributed by atoms with Crippen molar-refractivity contribution in [1.82, 2.24) is 15.0 Å². The molecule has 5 heteroatoms. The summed E-state index contributed by atoms with van der Waals surface area (Å²) in [7, 11) is 0. The highest BCUT2D eigenvalue weighted by atomic mass is 16.5. The number of ether oxygens (including phenoxy) is 1. The van der Waals surface area contributed by atoms with Gasteiger partial charge in [0.05, 0.1) is 5.52 Å². The van der Waals surface area contributed by atoms with E-state index in [9.17, 15) is 0 Å². The quantitative estimate of drug-likeness (QED) is 0.568. The molecule has 0 unspecified atom stereocenters. The number of nitrogens with one attached hydrogen (secondary N) is 1. The second kappa shape index (κ2) is 7.61. The number of para-hydroxylation sites is 1. The molecule has 4 rings (SSSR count). The topological polar surface area (TPSA) is 59.9 Å². The number of rotatable bonds is 6. The molecule has 0 saturated carbocycles. The minimum absolute atomic E-state index is 0.512. The summed E-state index contributed by atoms with van der Waals surface area (Å²) < 4.78 is 5.79. The van der Waals surface area contributed by atoms with Gasteiger partial charge in [0.2, 0.25) is 0 Å². The average molecular weight is 342 g/mol. The van der Waals surface area contributed by atoms with E-state index in [0.717, 1.165) is 33.6 Å². The Kier molecular flexibility index (Phi) is 4.69. The largest absolute Gasteiger partial charge is 0.489 e. The van der Waals surface area contributed by atoms with E-state index in [-0.39, 0.29) is 0 Å². The zero-order valence-corrected chi connectivity index (χ0v) is 14.2. The molecule has 0 aliphatic rings. The van der Waals surface area contributed by atoms with Crippen LogP contribution in [0.5, 0.6) is 5.75 Å². The molecule has 2 heterocycles. The van der Waals surface area contributed by atoms with Gasteiger partial charge in [0.25, 0.3) is 0 Å². The Morgan fingerprint density at radius 1 is 0.846 bits per heavy atom. The molecule has 0 radical (unpaired) electrons. The summed E-state index contributed by atoms with van der Waals surface area (Å²) in [6.45, 7) is 1.20. The van der Waals surface area contributed by atoms with Gasteiger partial charge in [-0.3, -0.25) is 4.98 Å². The molecule has 0 amide bonds. The van der Waals surface area contributed by atoms with Crippen molar-refractivity contribution in [3.05, 3.63) is 90.5 Å². The van der Waals surface area contributed by atoms with Crippen LogP contribution in [0.2, 0.25) is 0 Å². The second-order valence-electron chi connectivity index (χ2n) is 5.89. The molecule has 5 nitrogen and oxygen atoms in total. The fourth-order valence-corrected chi connectivity index (χ4v) is 2.69. The van der Waals surface area contributed by atoms with Crippen LogP contribution in [0.1, 0.15) is 11.1 Å². The number of hydrogen-bond acceptors (Lipinski definition) is 5. The maximum atomic E-state index is 5.79. The van der Waals surface area contributed by atoms with E-state index >= 15 is 0 Å². The van der Waals surface area contributed by atoms with Crippen molar-refractivity contribution in [2.45, 2.75) is 13.2 Å². The van der Waals surface area contributed by atoms with Gasteiger partial charge >= 0.3 is 0 Å². The molecule has 0 aliphatic heterocycles. The van der Waals surface area contributed by atoms with Crippen LogP contribution in [0.15, 0.2) is 79.4 Å². The summed E-state index contributed by atoms with van der Waals surface area (Å²) in [5.41, 5.74) is 3.14. The third-order valence-corrected chi connectivity index (χ3v) is 4.05. The lowest BCUT2D eigenvalue weighted by molar-refractivity contribution is 0.305. The average Bonchev–Trinajstić information content (AvgIpc) is 2.72. The smallest absolute Gasteiger partial charge is 0.137 e.